The monoisotopic (exact) mass is 535 g/mol. The number of carbonyl (C=O) groups is 1. The van der Waals surface area contributed by atoms with Gasteiger partial charge in [0.2, 0.25) is 5.76 Å². The molecule has 2 heterocycles. The highest BCUT2D eigenvalue weighted by molar-refractivity contribution is 7.18. The summed E-state index contributed by atoms with van der Waals surface area (Å²) in [6.07, 6.45) is -3.64. The van der Waals surface area contributed by atoms with Crippen LogP contribution >= 0.6 is 11.3 Å². The van der Waals surface area contributed by atoms with Crippen molar-refractivity contribution >= 4 is 17.1 Å². The number of Topliss-reactive ketones (excluding diaryl/α,β-unsaturated/α-hetero) is 1. The SMILES string of the molecule is N#CC1(CC(=O)[C@@H](O)c2ccc3c(c2)CCc2nc(-c4onc(-c5ccccc5)c4C(F)(F)F)sc2-3)CC1. The first-order chi connectivity index (χ1) is 18.2. The molecule has 0 aliphatic heterocycles. The molecule has 2 aromatic heterocycles. The summed E-state index contributed by atoms with van der Waals surface area (Å²) in [5.41, 5.74) is 1.19. The van der Waals surface area contributed by atoms with Crippen LogP contribution in [0.2, 0.25) is 0 Å². The summed E-state index contributed by atoms with van der Waals surface area (Å²) in [6, 6.07) is 15.4. The molecule has 0 spiro atoms. The number of ketones is 1. The highest BCUT2D eigenvalue weighted by atomic mass is 32.1. The molecule has 1 saturated carbocycles. The molecule has 4 aromatic rings. The number of aryl methyl sites for hydroxylation is 2. The number of rotatable bonds is 6. The maximum Gasteiger partial charge on any atom is 0.422 e. The van der Waals surface area contributed by atoms with Gasteiger partial charge in [-0.2, -0.15) is 18.4 Å². The molecule has 0 saturated heterocycles. The van der Waals surface area contributed by atoms with Crippen molar-refractivity contribution in [3.8, 4) is 38.5 Å². The van der Waals surface area contributed by atoms with Gasteiger partial charge in [-0.15, -0.1) is 11.3 Å². The van der Waals surface area contributed by atoms with Crippen molar-refractivity contribution in [2.45, 2.75) is 44.4 Å². The molecule has 0 radical (unpaired) electrons. The number of carbonyl (C=O) groups excluding carboxylic acids is 1. The van der Waals surface area contributed by atoms with Crippen LogP contribution < -0.4 is 0 Å². The number of benzene rings is 2. The molecule has 6 nitrogen and oxygen atoms in total. The van der Waals surface area contributed by atoms with Crippen molar-refractivity contribution in [3.63, 3.8) is 0 Å². The number of fused-ring (bicyclic) bond motifs is 3. The molecular weight excluding hydrogens is 515 g/mol. The Morgan fingerprint density at radius 1 is 1.18 bits per heavy atom. The first-order valence-corrected chi connectivity index (χ1v) is 12.9. The predicted molar refractivity (Wildman–Crippen MR) is 133 cm³/mol. The molecule has 0 unspecified atom stereocenters. The zero-order valence-electron chi connectivity index (χ0n) is 19.9. The topological polar surface area (TPSA) is 100 Å². The quantitative estimate of drug-likeness (QED) is 0.301. The number of nitriles is 1. The van der Waals surface area contributed by atoms with E-state index in [0.29, 0.717) is 42.5 Å². The lowest BCUT2D eigenvalue weighted by Crippen LogP contribution is -2.17. The summed E-state index contributed by atoms with van der Waals surface area (Å²) in [5.74, 6) is -0.804. The standard InChI is InChI=1S/C28H20F3N3O3S/c29-28(30,31)21-22(15-4-2-1-3-5-15)34-37-24(21)26-33-19-9-7-16-12-17(6-8-18(16)25(19)38-26)23(36)20(35)13-27(14-32)10-11-27/h1-6,8,12,23,36H,7,9-11,13H2/t23-/m0/s1. The maximum atomic E-state index is 14.2. The van der Waals surface area contributed by atoms with E-state index >= 15 is 0 Å². The van der Waals surface area contributed by atoms with Crippen LogP contribution in [-0.4, -0.2) is 21.0 Å². The summed E-state index contributed by atoms with van der Waals surface area (Å²) in [6.45, 7) is 0. The number of aliphatic hydroxyl groups excluding tert-OH is 1. The summed E-state index contributed by atoms with van der Waals surface area (Å²) in [4.78, 5) is 17.8. The van der Waals surface area contributed by atoms with E-state index in [-0.39, 0.29) is 22.9 Å². The molecule has 0 bridgehead atoms. The Labute approximate surface area is 219 Å². The second-order valence-corrected chi connectivity index (χ2v) is 10.7. The van der Waals surface area contributed by atoms with Crippen molar-refractivity contribution in [2.24, 2.45) is 5.41 Å². The van der Waals surface area contributed by atoms with Crippen LogP contribution in [0.25, 0.3) is 32.5 Å². The highest BCUT2D eigenvalue weighted by Gasteiger charge is 2.46. The molecule has 38 heavy (non-hydrogen) atoms. The molecule has 2 aliphatic rings. The molecule has 1 atom stereocenters. The number of thiazole rings is 1. The minimum Gasteiger partial charge on any atom is -0.381 e. The minimum atomic E-state index is -4.70. The number of halogens is 3. The van der Waals surface area contributed by atoms with Crippen molar-refractivity contribution in [3.05, 3.63) is 70.9 Å². The Morgan fingerprint density at radius 3 is 2.63 bits per heavy atom. The van der Waals surface area contributed by atoms with Gasteiger partial charge < -0.3 is 9.63 Å². The Balaban J connectivity index is 1.34. The molecular formula is C28H20F3N3O3S. The van der Waals surface area contributed by atoms with Crippen LogP contribution in [0.4, 0.5) is 13.2 Å². The normalized spacial score (nSPS) is 16.3. The number of nitrogens with zero attached hydrogens (tertiary/aromatic N) is 3. The van der Waals surface area contributed by atoms with Gasteiger partial charge in [0.25, 0.3) is 0 Å². The molecule has 6 rings (SSSR count). The second-order valence-electron chi connectivity index (χ2n) is 9.75. The van der Waals surface area contributed by atoms with Crippen LogP contribution in [0.15, 0.2) is 53.1 Å². The summed E-state index contributed by atoms with van der Waals surface area (Å²) >= 11 is 1.10. The molecule has 2 aliphatic carbocycles. The first kappa shape index (κ1) is 24.5. The van der Waals surface area contributed by atoms with E-state index in [9.17, 15) is 28.3 Å². The third-order valence-electron chi connectivity index (χ3n) is 7.14. The first-order valence-electron chi connectivity index (χ1n) is 12.1. The van der Waals surface area contributed by atoms with E-state index in [4.69, 9.17) is 4.52 Å². The summed E-state index contributed by atoms with van der Waals surface area (Å²) in [5, 5.41) is 23.7. The second kappa shape index (κ2) is 8.89. The van der Waals surface area contributed by atoms with Gasteiger partial charge in [-0.25, -0.2) is 4.98 Å². The smallest absolute Gasteiger partial charge is 0.381 e. The number of aliphatic hydroxyl groups is 1. The molecule has 0 amide bonds. The fourth-order valence-electron chi connectivity index (χ4n) is 4.88. The van der Waals surface area contributed by atoms with Gasteiger partial charge in [0.05, 0.1) is 22.1 Å². The minimum absolute atomic E-state index is 0.0216. The lowest BCUT2D eigenvalue weighted by atomic mass is 9.89. The number of hydrogen-bond acceptors (Lipinski definition) is 7. The fourth-order valence-corrected chi connectivity index (χ4v) is 6.04. The zero-order chi connectivity index (χ0) is 26.7. The van der Waals surface area contributed by atoms with Crippen LogP contribution in [-0.2, 0) is 23.8 Å². The number of aromatic nitrogens is 2. The van der Waals surface area contributed by atoms with Crippen LogP contribution in [0.1, 0.15) is 47.8 Å². The Hall–Kier alpha value is -3.81. The average Bonchev–Trinajstić information content (AvgIpc) is 3.33. The summed E-state index contributed by atoms with van der Waals surface area (Å²) in [7, 11) is 0. The average molecular weight is 536 g/mol. The molecule has 1 N–H and O–H groups in total. The van der Waals surface area contributed by atoms with Crippen LogP contribution in [0, 0.1) is 16.7 Å². The molecule has 1 fully saturated rings. The highest BCUT2D eigenvalue weighted by Crippen LogP contribution is 2.50. The van der Waals surface area contributed by atoms with Crippen molar-refractivity contribution < 1.29 is 27.6 Å². The van der Waals surface area contributed by atoms with Gasteiger partial charge in [0, 0.05) is 12.0 Å². The van der Waals surface area contributed by atoms with Crippen LogP contribution in [0.3, 0.4) is 0 Å². The third kappa shape index (κ3) is 4.22. The lowest BCUT2D eigenvalue weighted by Gasteiger charge is -2.18. The van der Waals surface area contributed by atoms with E-state index in [2.05, 4.69) is 16.2 Å². The fraction of sp³-hybridized carbons (Fsp3) is 0.286. The number of hydrogen-bond donors (Lipinski definition) is 1. The van der Waals surface area contributed by atoms with E-state index in [1.807, 2.05) is 0 Å². The van der Waals surface area contributed by atoms with Crippen molar-refractivity contribution in [1.82, 2.24) is 10.1 Å². The predicted octanol–water partition coefficient (Wildman–Crippen LogP) is 6.55. The molecule has 192 valence electrons. The van der Waals surface area contributed by atoms with Gasteiger partial charge in [0.1, 0.15) is 17.4 Å². The number of alkyl halides is 3. The van der Waals surface area contributed by atoms with Gasteiger partial charge in [-0.05, 0) is 42.4 Å². The zero-order valence-corrected chi connectivity index (χ0v) is 20.7. The largest absolute Gasteiger partial charge is 0.422 e. The van der Waals surface area contributed by atoms with Gasteiger partial charge in [0.15, 0.2) is 10.8 Å². The van der Waals surface area contributed by atoms with E-state index in [1.54, 1.807) is 48.5 Å². The maximum absolute atomic E-state index is 14.2. The summed E-state index contributed by atoms with van der Waals surface area (Å²) < 4.78 is 47.7. The Bertz CT molecular complexity index is 1600. The molecule has 10 heteroatoms. The van der Waals surface area contributed by atoms with E-state index < -0.39 is 29.0 Å². The van der Waals surface area contributed by atoms with Gasteiger partial charge in [-0.3, -0.25) is 4.79 Å². The van der Waals surface area contributed by atoms with Crippen molar-refractivity contribution in [2.75, 3.05) is 0 Å². The van der Waals surface area contributed by atoms with Gasteiger partial charge in [-0.1, -0.05) is 53.7 Å². The van der Waals surface area contributed by atoms with E-state index in [0.717, 1.165) is 27.3 Å². The van der Waals surface area contributed by atoms with Crippen molar-refractivity contribution in [1.29, 1.82) is 5.26 Å². The van der Waals surface area contributed by atoms with E-state index in [1.165, 1.54) is 0 Å². The third-order valence-corrected chi connectivity index (χ3v) is 8.27. The molecule has 2 aromatic carbocycles. The van der Waals surface area contributed by atoms with Gasteiger partial charge >= 0.3 is 6.18 Å². The Morgan fingerprint density at radius 2 is 1.95 bits per heavy atom. The van der Waals surface area contributed by atoms with Crippen LogP contribution in [0.5, 0.6) is 0 Å². The lowest BCUT2D eigenvalue weighted by molar-refractivity contribution is -0.136. The Kier molecular flexibility index (Phi) is 5.74.